The number of aliphatic hydroxyl groups excluding tert-OH is 5. The zero-order valence-electron chi connectivity index (χ0n) is 21.1. The number of aryl methyl sites for hydroxylation is 1. The van der Waals surface area contributed by atoms with E-state index in [-0.39, 0.29) is 37.6 Å². The maximum atomic E-state index is 12.2. The summed E-state index contributed by atoms with van der Waals surface area (Å²) >= 11 is 0. The lowest BCUT2D eigenvalue weighted by molar-refractivity contribution is -0.277. The molecule has 37 heavy (non-hydrogen) atoms. The van der Waals surface area contributed by atoms with Crippen molar-refractivity contribution in [2.45, 2.75) is 81.6 Å². The maximum absolute atomic E-state index is 12.2. The predicted molar refractivity (Wildman–Crippen MR) is 129 cm³/mol. The number of fused-ring (bicyclic) bond motifs is 1. The van der Waals surface area contributed by atoms with Gasteiger partial charge in [-0.25, -0.2) is 0 Å². The Labute approximate surface area is 214 Å². The summed E-state index contributed by atoms with van der Waals surface area (Å²) in [6.45, 7) is 1.31. The van der Waals surface area contributed by atoms with Gasteiger partial charge in [-0.2, -0.15) is 0 Å². The van der Waals surface area contributed by atoms with Gasteiger partial charge in [0.05, 0.1) is 33.2 Å². The molecule has 1 aliphatic heterocycles. The van der Waals surface area contributed by atoms with Gasteiger partial charge in [0.25, 0.3) is 0 Å². The molecule has 2 aliphatic rings. The lowest BCUT2D eigenvalue weighted by Crippen LogP contribution is -2.60. The summed E-state index contributed by atoms with van der Waals surface area (Å²) in [5, 5.41) is 51.5. The van der Waals surface area contributed by atoms with Gasteiger partial charge in [0, 0.05) is 22.8 Å². The fourth-order valence-corrected chi connectivity index (χ4v) is 5.40. The summed E-state index contributed by atoms with van der Waals surface area (Å²) in [5.74, 6) is -0.102. The standard InChI is InChI=1S/C26H36O11/c1-3-34-18(29)7-6-14-10-15-16(26(13-28)8-4-5-9-26)12-35-23(15)24(33-2)22(14)37-25-21(32)20(31)19(30)17(11-27)36-25/h10,12,17,19-21,25,27-28,30-32H,3-9,11,13H2,1-2H3. The van der Waals surface area contributed by atoms with Crippen molar-refractivity contribution in [3.63, 3.8) is 0 Å². The average Bonchev–Trinajstić information content (AvgIpc) is 3.55. The van der Waals surface area contributed by atoms with E-state index in [2.05, 4.69) is 0 Å². The molecular formula is C26H36O11. The van der Waals surface area contributed by atoms with Crippen molar-refractivity contribution in [1.82, 2.24) is 0 Å². The van der Waals surface area contributed by atoms with Gasteiger partial charge in [-0.05, 0) is 37.8 Å². The summed E-state index contributed by atoms with van der Waals surface area (Å²) in [6, 6.07) is 1.81. The van der Waals surface area contributed by atoms with Crippen molar-refractivity contribution < 1.29 is 53.7 Å². The Morgan fingerprint density at radius 1 is 1.11 bits per heavy atom. The SMILES string of the molecule is CCOC(=O)CCc1cc2c(C3(CO)CCCC3)coc2c(OC)c1OC1OC(CO)C(O)C(O)C1O. The summed E-state index contributed by atoms with van der Waals surface area (Å²) in [5.41, 5.74) is 1.28. The monoisotopic (exact) mass is 524 g/mol. The van der Waals surface area contributed by atoms with Crippen LogP contribution in [-0.2, 0) is 26.1 Å². The highest BCUT2D eigenvalue weighted by molar-refractivity contribution is 5.91. The van der Waals surface area contributed by atoms with Gasteiger partial charge in [-0.15, -0.1) is 0 Å². The molecule has 1 aromatic carbocycles. The first-order chi connectivity index (χ1) is 17.8. The molecule has 2 aromatic rings. The Kier molecular flexibility index (Phi) is 8.62. The molecule has 1 aromatic heterocycles. The number of hydrogen-bond acceptors (Lipinski definition) is 11. The van der Waals surface area contributed by atoms with Gasteiger partial charge < -0.3 is 48.9 Å². The van der Waals surface area contributed by atoms with Crippen LogP contribution in [-0.4, -0.2) is 89.1 Å². The van der Waals surface area contributed by atoms with Gasteiger partial charge in [0.1, 0.15) is 24.4 Å². The van der Waals surface area contributed by atoms with Crippen LogP contribution in [0, 0.1) is 0 Å². The third kappa shape index (κ3) is 5.16. The number of carbonyl (C=O) groups is 1. The van der Waals surface area contributed by atoms with Gasteiger partial charge in [-0.1, -0.05) is 12.8 Å². The molecule has 5 unspecified atom stereocenters. The highest BCUT2D eigenvalue weighted by atomic mass is 16.7. The van der Waals surface area contributed by atoms with Crippen molar-refractivity contribution in [2.75, 3.05) is 26.9 Å². The Morgan fingerprint density at radius 2 is 1.84 bits per heavy atom. The van der Waals surface area contributed by atoms with E-state index in [0.717, 1.165) is 31.2 Å². The third-order valence-corrected chi connectivity index (χ3v) is 7.48. The summed E-state index contributed by atoms with van der Waals surface area (Å²) in [4.78, 5) is 12.2. The van der Waals surface area contributed by atoms with Crippen LogP contribution in [0.4, 0.5) is 0 Å². The molecule has 0 amide bonds. The lowest BCUT2D eigenvalue weighted by atomic mass is 9.79. The van der Waals surface area contributed by atoms with Crippen molar-refractivity contribution in [3.8, 4) is 11.5 Å². The topological polar surface area (TPSA) is 168 Å². The Bertz CT molecular complexity index is 1070. The molecule has 5 atom stereocenters. The quantitative estimate of drug-likeness (QED) is 0.280. The van der Waals surface area contributed by atoms with Crippen molar-refractivity contribution >= 4 is 16.9 Å². The third-order valence-electron chi connectivity index (χ3n) is 7.48. The van der Waals surface area contributed by atoms with E-state index >= 15 is 0 Å². The molecule has 1 saturated heterocycles. The largest absolute Gasteiger partial charge is 0.490 e. The number of ether oxygens (including phenoxy) is 4. The minimum Gasteiger partial charge on any atom is -0.490 e. The Balaban J connectivity index is 1.79. The van der Waals surface area contributed by atoms with E-state index in [9.17, 15) is 30.3 Å². The number of carbonyl (C=O) groups excluding carboxylic acids is 1. The van der Waals surface area contributed by atoms with Crippen LogP contribution < -0.4 is 9.47 Å². The molecular weight excluding hydrogens is 488 g/mol. The zero-order chi connectivity index (χ0) is 26.7. The van der Waals surface area contributed by atoms with Crippen LogP contribution in [0.3, 0.4) is 0 Å². The molecule has 0 bridgehead atoms. The molecule has 2 fully saturated rings. The molecule has 11 nitrogen and oxygen atoms in total. The van der Waals surface area contributed by atoms with E-state index < -0.39 is 48.7 Å². The molecule has 2 heterocycles. The van der Waals surface area contributed by atoms with E-state index in [1.807, 2.05) is 6.07 Å². The lowest BCUT2D eigenvalue weighted by Gasteiger charge is -2.39. The number of aliphatic hydroxyl groups is 5. The molecule has 0 radical (unpaired) electrons. The number of esters is 1. The number of rotatable bonds is 10. The van der Waals surface area contributed by atoms with Crippen molar-refractivity contribution in [1.29, 1.82) is 0 Å². The number of furan rings is 1. The second-order valence-electron chi connectivity index (χ2n) is 9.69. The van der Waals surface area contributed by atoms with E-state index in [4.69, 9.17) is 23.4 Å². The Morgan fingerprint density at radius 3 is 2.46 bits per heavy atom. The predicted octanol–water partition coefficient (Wildman–Crippen LogP) is 0.920. The van der Waals surface area contributed by atoms with Gasteiger partial charge in [-0.3, -0.25) is 4.79 Å². The summed E-state index contributed by atoms with van der Waals surface area (Å²) in [7, 11) is 1.42. The summed E-state index contributed by atoms with van der Waals surface area (Å²) < 4.78 is 28.2. The zero-order valence-corrected chi connectivity index (χ0v) is 21.1. The summed E-state index contributed by atoms with van der Waals surface area (Å²) in [6.07, 6.45) is -2.02. The van der Waals surface area contributed by atoms with Gasteiger partial charge in [0.2, 0.25) is 12.0 Å². The normalized spacial score (nSPS) is 27.4. The molecule has 11 heteroatoms. The molecule has 4 rings (SSSR count). The van der Waals surface area contributed by atoms with Crippen LogP contribution in [0.15, 0.2) is 16.7 Å². The fraction of sp³-hybridized carbons (Fsp3) is 0.654. The number of benzene rings is 1. The van der Waals surface area contributed by atoms with E-state index in [1.54, 1.807) is 13.2 Å². The first-order valence-electron chi connectivity index (χ1n) is 12.6. The average molecular weight is 525 g/mol. The molecule has 206 valence electrons. The smallest absolute Gasteiger partial charge is 0.306 e. The van der Waals surface area contributed by atoms with Crippen LogP contribution in [0.1, 0.15) is 50.2 Å². The van der Waals surface area contributed by atoms with Gasteiger partial charge in [0.15, 0.2) is 11.3 Å². The van der Waals surface area contributed by atoms with Crippen molar-refractivity contribution in [3.05, 3.63) is 23.5 Å². The molecule has 0 spiro atoms. The van der Waals surface area contributed by atoms with Gasteiger partial charge >= 0.3 is 5.97 Å². The first-order valence-corrected chi connectivity index (χ1v) is 12.6. The van der Waals surface area contributed by atoms with Crippen molar-refractivity contribution in [2.24, 2.45) is 0 Å². The number of hydrogen-bond donors (Lipinski definition) is 5. The maximum Gasteiger partial charge on any atom is 0.306 e. The van der Waals surface area contributed by atoms with Crippen LogP contribution in [0.25, 0.3) is 11.0 Å². The minimum atomic E-state index is -1.64. The van der Waals surface area contributed by atoms with E-state index in [0.29, 0.717) is 16.5 Å². The minimum absolute atomic E-state index is 0.0336. The van der Waals surface area contributed by atoms with E-state index in [1.165, 1.54) is 7.11 Å². The fourth-order valence-electron chi connectivity index (χ4n) is 5.40. The molecule has 1 saturated carbocycles. The second kappa shape index (κ2) is 11.5. The molecule has 1 aliphatic carbocycles. The second-order valence-corrected chi connectivity index (χ2v) is 9.69. The highest BCUT2D eigenvalue weighted by Gasteiger charge is 2.45. The molecule has 5 N–H and O–H groups in total. The number of methoxy groups -OCH3 is 1. The first kappa shape index (κ1) is 27.6. The van der Waals surface area contributed by atoms with Crippen LogP contribution >= 0.6 is 0 Å². The highest BCUT2D eigenvalue weighted by Crippen LogP contribution is 2.49. The van der Waals surface area contributed by atoms with Crippen LogP contribution in [0.5, 0.6) is 11.5 Å². The van der Waals surface area contributed by atoms with Crippen LogP contribution in [0.2, 0.25) is 0 Å². The Hall–Kier alpha value is -2.41.